The van der Waals surface area contributed by atoms with Crippen molar-refractivity contribution < 1.29 is 9.90 Å². The fraction of sp³-hybridized carbons (Fsp3) is 0.667. The lowest BCUT2D eigenvalue weighted by molar-refractivity contribution is -0.140. The second-order valence-corrected chi connectivity index (χ2v) is 3.79. The number of aryl methyl sites for hydroxylation is 1. The molecule has 1 heterocycles. The first-order valence-electron chi connectivity index (χ1n) is 4.82. The summed E-state index contributed by atoms with van der Waals surface area (Å²) in [5, 5.41) is 19.4. The molecule has 2 N–H and O–H groups in total. The number of nitrogens with zero attached hydrogens (tertiary/aromatic N) is 3. The lowest BCUT2D eigenvalue weighted by Gasteiger charge is -2.17. The molecular formula is C9H16N4O2. The Kier molecular flexibility index (Phi) is 3.79. The van der Waals surface area contributed by atoms with Gasteiger partial charge in [0, 0.05) is 13.6 Å². The highest BCUT2D eigenvalue weighted by molar-refractivity contribution is 5.73. The highest BCUT2D eigenvalue weighted by atomic mass is 16.4. The Morgan fingerprint density at radius 1 is 1.67 bits per heavy atom. The maximum atomic E-state index is 10.9. The molecule has 6 nitrogen and oxygen atoms in total. The predicted molar refractivity (Wildman–Crippen MR) is 54.1 cm³/mol. The molecule has 0 saturated carbocycles. The van der Waals surface area contributed by atoms with Crippen molar-refractivity contribution in [3.63, 3.8) is 0 Å². The lowest BCUT2D eigenvalue weighted by atomic mass is 10.0. The number of rotatable bonds is 5. The second-order valence-electron chi connectivity index (χ2n) is 3.79. The SMILES string of the molecule is CC(C)C(NCc1cnnn1C)C(=O)O. The third-order valence-corrected chi connectivity index (χ3v) is 2.24. The summed E-state index contributed by atoms with van der Waals surface area (Å²) >= 11 is 0. The van der Waals surface area contributed by atoms with Crippen molar-refractivity contribution in [2.75, 3.05) is 0 Å². The number of carboxylic acid groups (broad SMARTS) is 1. The van der Waals surface area contributed by atoms with E-state index in [1.165, 1.54) is 0 Å². The predicted octanol–water partition coefficient (Wildman–Crippen LogP) is 0.0139. The molecule has 1 unspecified atom stereocenters. The van der Waals surface area contributed by atoms with Gasteiger partial charge in [-0.2, -0.15) is 0 Å². The molecule has 15 heavy (non-hydrogen) atoms. The highest BCUT2D eigenvalue weighted by Gasteiger charge is 2.20. The van der Waals surface area contributed by atoms with Crippen molar-refractivity contribution >= 4 is 5.97 Å². The molecule has 1 aromatic rings. The molecule has 0 aromatic carbocycles. The van der Waals surface area contributed by atoms with E-state index in [1.807, 2.05) is 13.8 Å². The van der Waals surface area contributed by atoms with Crippen molar-refractivity contribution in [2.45, 2.75) is 26.4 Å². The first-order valence-corrected chi connectivity index (χ1v) is 4.82. The van der Waals surface area contributed by atoms with Gasteiger partial charge in [-0.25, -0.2) is 0 Å². The largest absolute Gasteiger partial charge is 0.480 e. The van der Waals surface area contributed by atoms with Gasteiger partial charge in [-0.05, 0) is 5.92 Å². The molecule has 0 bridgehead atoms. The minimum absolute atomic E-state index is 0.0451. The Morgan fingerprint density at radius 2 is 2.33 bits per heavy atom. The standard InChI is InChI=1S/C9H16N4O2/c1-6(2)8(9(14)15)10-4-7-5-11-12-13(7)3/h5-6,8,10H,4H2,1-3H3,(H,14,15). The molecule has 6 heteroatoms. The van der Waals surface area contributed by atoms with Crippen LogP contribution >= 0.6 is 0 Å². The van der Waals surface area contributed by atoms with Crippen LogP contribution in [-0.2, 0) is 18.4 Å². The molecule has 0 aliphatic heterocycles. The summed E-state index contributed by atoms with van der Waals surface area (Å²) in [6.45, 7) is 4.19. The number of carboxylic acids is 1. The molecule has 1 aromatic heterocycles. The van der Waals surface area contributed by atoms with E-state index in [4.69, 9.17) is 5.11 Å². The smallest absolute Gasteiger partial charge is 0.320 e. The third-order valence-electron chi connectivity index (χ3n) is 2.24. The average molecular weight is 212 g/mol. The molecule has 0 saturated heterocycles. The van der Waals surface area contributed by atoms with Crippen LogP contribution in [0.1, 0.15) is 19.5 Å². The Bertz CT molecular complexity index is 335. The normalized spacial score (nSPS) is 13.1. The number of aromatic nitrogens is 3. The van der Waals surface area contributed by atoms with Gasteiger partial charge in [-0.3, -0.25) is 14.8 Å². The summed E-state index contributed by atoms with van der Waals surface area (Å²) in [7, 11) is 1.77. The van der Waals surface area contributed by atoms with Crippen molar-refractivity contribution in [3.8, 4) is 0 Å². The molecule has 0 aliphatic rings. The van der Waals surface area contributed by atoms with E-state index in [9.17, 15) is 4.79 Å². The van der Waals surface area contributed by atoms with Crippen LogP contribution in [0, 0.1) is 5.92 Å². The van der Waals surface area contributed by atoms with Crippen LogP contribution in [0.4, 0.5) is 0 Å². The van der Waals surface area contributed by atoms with Crippen LogP contribution in [0.2, 0.25) is 0 Å². The summed E-state index contributed by atoms with van der Waals surface area (Å²) in [6.07, 6.45) is 1.62. The van der Waals surface area contributed by atoms with E-state index in [1.54, 1.807) is 17.9 Å². The fourth-order valence-electron chi connectivity index (χ4n) is 1.29. The van der Waals surface area contributed by atoms with Crippen molar-refractivity contribution in [2.24, 2.45) is 13.0 Å². The Morgan fingerprint density at radius 3 is 2.73 bits per heavy atom. The molecule has 0 aliphatic carbocycles. The first kappa shape index (κ1) is 11.6. The number of hydrogen-bond donors (Lipinski definition) is 2. The van der Waals surface area contributed by atoms with Gasteiger partial charge in [0.1, 0.15) is 6.04 Å². The number of carbonyl (C=O) groups is 1. The summed E-state index contributed by atoms with van der Waals surface area (Å²) < 4.78 is 1.62. The molecule has 1 rings (SSSR count). The Labute approximate surface area is 88.3 Å². The molecule has 0 amide bonds. The summed E-state index contributed by atoms with van der Waals surface area (Å²) in [6, 6.07) is -0.542. The van der Waals surface area contributed by atoms with Crippen molar-refractivity contribution in [1.82, 2.24) is 20.3 Å². The van der Waals surface area contributed by atoms with Crippen LogP contribution in [-0.4, -0.2) is 32.1 Å². The van der Waals surface area contributed by atoms with Crippen LogP contribution in [0.5, 0.6) is 0 Å². The molecule has 84 valence electrons. The topological polar surface area (TPSA) is 80.0 Å². The van der Waals surface area contributed by atoms with Crippen LogP contribution in [0.3, 0.4) is 0 Å². The zero-order valence-electron chi connectivity index (χ0n) is 9.14. The number of nitrogens with one attached hydrogen (secondary N) is 1. The van der Waals surface area contributed by atoms with Gasteiger partial charge in [-0.15, -0.1) is 5.10 Å². The first-order chi connectivity index (χ1) is 7.02. The van der Waals surface area contributed by atoms with Gasteiger partial charge < -0.3 is 5.11 Å². The summed E-state index contributed by atoms with van der Waals surface area (Å²) in [5.74, 6) is -0.788. The zero-order chi connectivity index (χ0) is 11.4. The average Bonchev–Trinajstić information content (AvgIpc) is 2.51. The van der Waals surface area contributed by atoms with Crippen LogP contribution in [0.25, 0.3) is 0 Å². The van der Waals surface area contributed by atoms with E-state index < -0.39 is 12.0 Å². The van der Waals surface area contributed by atoms with Crippen LogP contribution in [0.15, 0.2) is 6.20 Å². The second kappa shape index (κ2) is 4.88. The maximum absolute atomic E-state index is 10.9. The molecule has 0 radical (unpaired) electrons. The van der Waals surface area contributed by atoms with Gasteiger partial charge in [0.2, 0.25) is 0 Å². The third kappa shape index (κ3) is 3.02. The minimum atomic E-state index is -0.833. The van der Waals surface area contributed by atoms with Crippen molar-refractivity contribution in [1.29, 1.82) is 0 Å². The Balaban J connectivity index is 2.55. The molecule has 0 fully saturated rings. The number of aliphatic carboxylic acids is 1. The summed E-state index contributed by atoms with van der Waals surface area (Å²) in [5.41, 5.74) is 0.863. The maximum Gasteiger partial charge on any atom is 0.320 e. The Hall–Kier alpha value is -1.43. The van der Waals surface area contributed by atoms with E-state index in [-0.39, 0.29) is 5.92 Å². The van der Waals surface area contributed by atoms with Gasteiger partial charge in [0.15, 0.2) is 0 Å². The lowest BCUT2D eigenvalue weighted by Crippen LogP contribution is -2.40. The number of hydrogen-bond acceptors (Lipinski definition) is 4. The minimum Gasteiger partial charge on any atom is -0.480 e. The molecule has 0 spiro atoms. The van der Waals surface area contributed by atoms with Gasteiger partial charge in [0.25, 0.3) is 0 Å². The zero-order valence-corrected chi connectivity index (χ0v) is 9.14. The van der Waals surface area contributed by atoms with Gasteiger partial charge in [0.05, 0.1) is 11.9 Å². The van der Waals surface area contributed by atoms with Gasteiger partial charge in [-0.1, -0.05) is 19.1 Å². The quantitative estimate of drug-likeness (QED) is 0.719. The fourth-order valence-corrected chi connectivity index (χ4v) is 1.29. The van der Waals surface area contributed by atoms with Crippen LogP contribution < -0.4 is 5.32 Å². The van der Waals surface area contributed by atoms with E-state index in [0.717, 1.165) is 5.69 Å². The van der Waals surface area contributed by atoms with Crippen molar-refractivity contribution in [3.05, 3.63) is 11.9 Å². The molecule has 1 atom stereocenters. The van der Waals surface area contributed by atoms with E-state index >= 15 is 0 Å². The monoisotopic (exact) mass is 212 g/mol. The summed E-state index contributed by atoms with van der Waals surface area (Å²) in [4.78, 5) is 10.9. The molecular weight excluding hydrogens is 196 g/mol. The van der Waals surface area contributed by atoms with E-state index in [0.29, 0.717) is 6.54 Å². The highest BCUT2D eigenvalue weighted by Crippen LogP contribution is 2.03. The van der Waals surface area contributed by atoms with E-state index in [2.05, 4.69) is 15.6 Å². The van der Waals surface area contributed by atoms with Gasteiger partial charge >= 0.3 is 5.97 Å².